The van der Waals surface area contributed by atoms with Crippen molar-refractivity contribution in [1.29, 1.82) is 0 Å². The van der Waals surface area contributed by atoms with Gasteiger partial charge in [0.15, 0.2) is 0 Å². The van der Waals surface area contributed by atoms with Gasteiger partial charge in [-0.2, -0.15) is 0 Å². The van der Waals surface area contributed by atoms with E-state index in [1.807, 2.05) is 0 Å². The molecule has 0 aromatic rings. The normalized spacial score (nSPS) is 6.00. The average molecular weight is 164 g/mol. The van der Waals surface area contributed by atoms with E-state index in [1.165, 1.54) is 0 Å². The van der Waals surface area contributed by atoms with Gasteiger partial charge < -0.3 is 10.6 Å². The third-order valence-electron chi connectivity index (χ3n) is 0. The topological polar surface area (TPSA) is 51.6 Å². The summed E-state index contributed by atoms with van der Waals surface area (Å²) in [6.07, 6.45) is -0.417. The summed E-state index contributed by atoms with van der Waals surface area (Å²) in [5.41, 5.74) is 0. The standard InChI is InChI=1S/C3H7O.O.Y/c1-3(2)4;;/h3H,1-2H3;;/q-1;-2;+3. The summed E-state index contributed by atoms with van der Waals surface area (Å²) in [7, 11) is 0. The Bertz CT molecular complexity index is 13.5. The fourth-order valence-electron chi connectivity index (χ4n) is 0. The van der Waals surface area contributed by atoms with Crippen LogP contribution in [0.5, 0.6) is 0 Å². The first-order valence-electron chi connectivity index (χ1n) is 1.39. The Kier molecular flexibility index (Phi) is 24.6. The van der Waals surface area contributed by atoms with E-state index in [0.717, 1.165) is 0 Å². The van der Waals surface area contributed by atoms with Gasteiger partial charge in [0.05, 0.1) is 0 Å². The second kappa shape index (κ2) is 9.39. The van der Waals surface area contributed by atoms with Crippen molar-refractivity contribution in [1.82, 2.24) is 0 Å². The van der Waals surface area contributed by atoms with Crippen LogP contribution in [-0.4, -0.2) is 6.10 Å². The predicted molar refractivity (Wildman–Crippen MR) is 15.8 cm³/mol. The molecule has 0 aromatic carbocycles. The first-order chi connectivity index (χ1) is 1.73. The Morgan fingerprint density at radius 3 is 1.33 bits per heavy atom. The van der Waals surface area contributed by atoms with Crippen LogP contribution in [0.1, 0.15) is 13.8 Å². The molecule has 0 aliphatic heterocycles. The summed E-state index contributed by atoms with van der Waals surface area (Å²) in [6, 6.07) is 0. The zero-order chi connectivity index (χ0) is 3.58. The van der Waals surface area contributed by atoms with Crippen molar-refractivity contribution < 1.29 is 43.3 Å². The Hall–Kier alpha value is 1.02. The van der Waals surface area contributed by atoms with E-state index < -0.39 is 6.10 Å². The van der Waals surface area contributed by atoms with Crippen LogP contribution in [0.2, 0.25) is 0 Å². The Balaban J connectivity index is -0.0000000450. The monoisotopic (exact) mass is 164 g/mol. The van der Waals surface area contributed by atoms with E-state index in [-0.39, 0.29) is 38.2 Å². The van der Waals surface area contributed by atoms with Crippen LogP contribution in [0.3, 0.4) is 0 Å². The molecular weight excluding hydrogens is 157 g/mol. The van der Waals surface area contributed by atoms with Crippen LogP contribution in [0, 0.1) is 0 Å². The number of rotatable bonds is 0. The van der Waals surface area contributed by atoms with E-state index in [1.54, 1.807) is 13.8 Å². The maximum Gasteiger partial charge on any atom is 3.00 e. The molecule has 0 spiro atoms. The molecule has 0 fully saturated rings. The van der Waals surface area contributed by atoms with E-state index in [0.29, 0.717) is 0 Å². The van der Waals surface area contributed by atoms with Crippen molar-refractivity contribution >= 4 is 0 Å². The van der Waals surface area contributed by atoms with E-state index in [2.05, 4.69) is 0 Å². The molecule has 0 rings (SSSR count). The third kappa shape index (κ3) is 77.6. The summed E-state index contributed by atoms with van der Waals surface area (Å²) >= 11 is 0. The molecule has 0 radical (unpaired) electrons. The Morgan fingerprint density at radius 2 is 1.33 bits per heavy atom. The molecule has 0 heterocycles. The van der Waals surface area contributed by atoms with Crippen LogP contribution < -0.4 is 5.11 Å². The van der Waals surface area contributed by atoms with Crippen LogP contribution in [-0.2, 0) is 38.2 Å². The Morgan fingerprint density at radius 1 is 1.33 bits per heavy atom. The summed E-state index contributed by atoms with van der Waals surface area (Å²) in [5.74, 6) is 0. The third-order valence-corrected chi connectivity index (χ3v) is 0. The van der Waals surface area contributed by atoms with Gasteiger partial charge in [-0.05, 0) is 0 Å². The van der Waals surface area contributed by atoms with E-state index in [4.69, 9.17) is 0 Å². The Labute approximate surface area is 63.1 Å². The zero-order valence-electron chi connectivity index (χ0n) is 3.97. The minimum Gasteiger partial charge on any atom is -2.00 e. The van der Waals surface area contributed by atoms with Crippen molar-refractivity contribution in [2.75, 3.05) is 0 Å². The maximum absolute atomic E-state index is 9.53. The first-order valence-corrected chi connectivity index (χ1v) is 1.39. The molecule has 0 N–H and O–H groups in total. The minimum absolute atomic E-state index is 0. The van der Waals surface area contributed by atoms with Gasteiger partial charge in [0, 0.05) is 0 Å². The summed E-state index contributed by atoms with van der Waals surface area (Å²) in [5, 5.41) is 9.53. The summed E-state index contributed by atoms with van der Waals surface area (Å²) < 4.78 is 0. The van der Waals surface area contributed by atoms with Gasteiger partial charge in [-0.15, -0.1) is 6.10 Å². The quantitative estimate of drug-likeness (QED) is 0.482. The van der Waals surface area contributed by atoms with Gasteiger partial charge in [-0.25, -0.2) is 0 Å². The fraction of sp³-hybridized carbons (Fsp3) is 1.00. The molecule has 2 nitrogen and oxygen atoms in total. The molecule has 0 aliphatic carbocycles. The molecule has 0 atom stereocenters. The fourth-order valence-corrected chi connectivity index (χ4v) is 0. The molecule has 0 bridgehead atoms. The molecule has 0 amide bonds. The predicted octanol–water partition coefficient (Wildman–Crippen LogP) is -0.366. The molecule has 0 aromatic heterocycles. The van der Waals surface area contributed by atoms with Crippen LogP contribution in [0.15, 0.2) is 0 Å². The van der Waals surface area contributed by atoms with E-state index in [9.17, 15) is 5.11 Å². The van der Waals surface area contributed by atoms with Gasteiger partial charge in [0.1, 0.15) is 0 Å². The molecule has 34 valence electrons. The van der Waals surface area contributed by atoms with Crippen LogP contribution in [0.4, 0.5) is 0 Å². The minimum atomic E-state index is -0.417. The van der Waals surface area contributed by atoms with Gasteiger partial charge in [0.25, 0.3) is 0 Å². The first kappa shape index (κ1) is 15.7. The molecule has 0 saturated heterocycles. The van der Waals surface area contributed by atoms with Crippen molar-refractivity contribution in [3.8, 4) is 0 Å². The van der Waals surface area contributed by atoms with Gasteiger partial charge in [0.2, 0.25) is 0 Å². The molecule has 6 heavy (non-hydrogen) atoms. The van der Waals surface area contributed by atoms with Crippen molar-refractivity contribution in [2.45, 2.75) is 20.0 Å². The van der Waals surface area contributed by atoms with Crippen LogP contribution in [0.25, 0.3) is 0 Å². The largest absolute Gasteiger partial charge is 3.00 e. The summed E-state index contributed by atoms with van der Waals surface area (Å²) in [6.45, 7) is 3.22. The van der Waals surface area contributed by atoms with Gasteiger partial charge in [-0.3, -0.25) is 0 Å². The van der Waals surface area contributed by atoms with Gasteiger partial charge >= 0.3 is 32.7 Å². The average Bonchev–Trinajstić information content (AvgIpc) is 0.811. The zero-order valence-corrected chi connectivity index (χ0v) is 6.81. The van der Waals surface area contributed by atoms with Crippen molar-refractivity contribution in [3.05, 3.63) is 0 Å². The molecule has 0 saturated carbocycles. The van der Waals surface area contributed by atoms with Crippen LogP contribution >= 0.6 is 0 Å². The van der Waals surface area contributed by atoms with Crippen molar-refractivity contribution in [2.24, 2.45) is 0 Å². The molecule has 0 unspecified atom stereocenters. The molecular formula is C3H7O2Y. The van der Waals surface area contributed by atoms with E-state index >= 15 is 0 Å². The number of hydrogen-bond acceptors (Lipinski definition) is 1. The smallest absolute Gasteiger partial charge is 2.00 e. The maximum atomic E-state index is 9.53. The number of hydrogen-bond donors (Lipinski definition) is 0. The summed E-state index contributed by atoms with van der Waals surface area (Å²) in [4.78, 5) is 0. The molecule has 0 aliphatic rings. The SMILES string of the molecule is CC(C)[O-].[O-2].[Y+3]. The molecule has 3 heteroatoms. The van der Waals surface area contributed by atoms with Crippen molar-refractivity contribution in [3.63, 3.8) is 0 Å². The van der Waals surface area contributed by atoms with Gasteiger partial charge in [-0.1, -0.05) is 13.8 Å². The second-order valence-corrected chi connectivity index (χ2v) is 1.05. The second-order valence-electron chi connectivity index (χ2n) is 1.05.